The van der Waals surface area contributed by atoms with Crippen molar-refractivity contribution in [3.8, 4) is 11.8 Å². The Morgan fingerprint density at radius 3 is 3.11 bits per heavy atom. The van der Waals surface area contributed by atoms with E-state index >= 15 is 0 Å². The number of amides is 1. The number of hydrogen-bond donors (Lipinski definition) is 2. The third-order valence-corrected chi connectivity index (χ3v) is 3.16. The third kappa shape index (κ3) is 3.00. The molecule has 2 aromatic rings. The van der Waals surface area contributed by atoms with Gasteiger partial charge in [0.05, 0.1) is 18.4 Å². The molecule has 0 fully saturated rings. The molecule has 0 spiro atoms. The van der Waals surface area contributed by atoms with E-state index in [4.69, 9.17) is 9.52 Å². The molecule has 0 bridgehead atoms. The average Bonchev–Trinajstić information content (AvgIpc) is 3.04. The second kappa shape index (κ2) is 6.05. The second-order valence-corrected chi connectivity index (χ2v) is 4.41. The minimum absolute atomic E-state index is 0.170. The molecule has 1 amide bonds. The van der Waals surface area contributed by atoms with Crippen LogP contribution in [0.15, 0.2) is 34.5 Å². The number of carbonyl (C=O) groups excluding carboxylic acids is 1. The zero-order valence-electron chi connectivity index (χ0n) is 9.47. The fraction of sp³-hybridized carbons (Fsp3) is 0.154. The van der Waals surface area contributed by atoms with E-state index in [9.17, 15) is 4.79 Å². The molecule has 0 aliphatic heterocycles. The summed E-state index contributed by atoms with van der Waals surface area (Å²) in [6.45, 7) is 0.244. The SMILES string of the molecule is O=C(NCc1sccc1C#CCO)c1ccoc1. The highest BCUT2D eigenvalue weighted by Crippen LogP contribution is 2.15. The van der Waals surface area contributed by atoms with E-state index in [1.54, 1.807) is 6.07 Å². The monoisotopic (exact) mass is 261 g/mol. The molecule has 2 rings (SSSR count). The molecule has 0 unspecified atom stereocenters. The number of nitrogens with one attached hydrogen (secondary N) is 1. The van der Waals surface area contributed by atoms with E-state index in [2.05, 4.69) is 17.2 Å². The zero-order valence-corrected chi connectivity index (χ0v) is 10.3. The molecule has 0 saturated carbocycles. The second-order valence-electron chi connectivity index (χ2n) is 3.41. The molecular formula is C13H11NO3S. The van der Waals surface area contributed by atoms with E-state index in [0.717, 1.165) is 10.4 Å². The molecule has 2 heterocycles. The quantitative estimate of drug-likeness (QED) is 0.825. The first kappa shape index (κ1) is 12.4. The summed E-state index contributed by atoms with van der Waals surface area (Å²) in [6.07, 6.45) is 2.86. The van der Waals surface area contributed by atoms with Gasteiger partial charge in [-0.05, 0) is 17.5 Å². The predicted octanol–water partition coefficient (Wildman–Crippen LogP) is 1.61. The van der Waals surface area contributed by atoms with Crippen LogP contribution in [-0.4, -0.2) is 17.6 Å². The minimum atomic E-state index is -0.182. The zero-order chi connectivity index (χ0) is 12.8. The van der Waals surface area contributed by atoms with Gasteiger partial charge in [0, 0.05) is 10.4 Å². The number of aliphatic hydroxyl groups excluding tert-OH is 1. The molecule has 5 heteroatoms. The maximum atomic E-state index is 11.7. The predicted molar refractivity (Wildman–Crippen MR) is 68.2 cm³/mol. The van der Waals surface area contributed by atoms with Crippen LogP contribution in [0.25, 0.3) is 0 Å². The van der Waals surface area contributed by atoms with Crippen molar-refractivity contribution < 1.29 is 14.3 Å². The number of rotatable bonds is 3. The van der Waals surface area contributed by atoms with Crippen molar-refractivity contribution >= 4 is 17.2 Å². The van der Waals surface area contributed by atoms with Crippen molar-refractivity contribution in [2.24, 2.45) is 0 Å². The van der Waals surface area contributed by atoms with Crippen LogP contribution in [0.3, 0.4) is 0 Å². The largest absolute Gasteiger partial charge is 0.472 e. The van der Waals surface area contributed by atoms with Gasteiger partial charge in [0.25, 0.3) is 5.91 Å². The van der Waals surface area contributed by atoms with E-state index in [0.29, 0.717) is 12.1 Å². The average molecular weight is 261 g/mol. The number of hydrogen-bond acceptors (Lipinski definition) is 4. The molecule has 2 N–H and O–H groups in total. The van der Waals surface area contributed by atoms with Gasteiger partial charge in [0.2, 0.25) is 0 Å². The first-order chi connectivity index (χ1) is 8.81. The number of aliphatic hydroxyl groups is 1. The van der Waals surface area contributed by atoms with Crippen LogP contribution < -0.4 is 5.32 Å². The maximum Gasteiger partial charge on any atom is 0.254 e. The summed E-state index contributed by atoms with van der Waals surface area (Å²) in [5, 5.41) is 13.3. The van der Waals surface area contributed by atoms with Gasteiger partial charge in [0.15, 0.2) is 0 Å². The van der Waals surface area contributed by atoms with Crippen LogP contribution in [0.5, 0.6) is 0 Å². The Labute approximate surface area is 108 Å². The Balaban J connectivity index is 1.98. The van der Waals surface area contributed by atoms with Gasteiger partial charge in [-0.3, -0.25) is 4.79 Å². The summed E-state index contributed by atoms with van der Waals surface area (Å²) >= 11 is 1.52. The third-order valence-electron chi connectivity index (χ3n) is 2.24. The lowest BCUT2D eigenvalue weighted by molar-refractivity contribution is 0.0950. The minimum Gasteiger partial charge on any atom is -0.472 e. The van der Waals surface area contributed by atoms with Gasteiger partial charge in [-0.25, -0.2) is 0 Å². The van der Waals surface area contributed by atoms with Crippen molar-refractivity contribution in [3.05, 3.63) is 46.0 Å². The maximum absolute atomic E-state index is 11.7. The van der Waals surface area contributed by atoms with Gasteiger partial charge in [-0.2, -0.15) is 0 Å². The van der Waals surface area contributed by atoms with Crippen molar-refractivity contribution in [3.63, 3.8) is 0 Å². The lowest BCUT2D eigenvalue weighted by Gasteiger charge is -2.01. The molecule has 0 aliphatic rings. The smallest absolute Gasteiger partial charge is 0.254 e. The Morgan fingerprint density at radius 2 is 2.39 bits per heavy atom. The van der Waals surface area contributed by atoms with Crippen molar-refractivity contribution in [1.29, 1.82) is 0 Å². The fourth-order valence-corrected chi connectivity index (χ4v) is 2.15. The Morgan fingerprint density at radius 1 is 1.50 bits per heavy atom. The Kier molecular flexibility index (Phi) is 4.18. The number of thiophene rings is 1. The summed E-state index contributed by atoms with van der Waals surface area (Å²) in [7, 11) is 0. The van der Waals surface area contributed by atoms with Gasteiger partial charge >= 0.3 is 0 Å². The van der Waals surface area contributed by atoms with E-state index in [1.807, 2.05) is 11.4 Å². The highest BCUT2D eigenvalue weighted by molar-refractivity contribution is 7.10. The van der Waals surface area contributed by atoms with Gasteiger partial charge in [-0.1, -0.05) is 11.8 Å². The van der Waals surface area contributed by atoms with Gasteiger partial charge in [0.1, 0.15) is 12.9 Å². The summed E-state index contributed by atoms with van der Waals surface area (Å²) in [4.78, 5) is 12.6. The van der Waals surface area contributed by atoms with Crippen LogP contribution in [0.1, 0.15) is 20.8 Å². The van der Waals surface area contributed by atoms with Gasteiger partial charge < -0.3 is 14.8 Å². The first-order valence-electron chi connectivity index (χ1n) is 5.27. The molecule has 0 aromatic carbocycles. The van der Waals surface area contributed by atoms with E-state index in [-0.39, 0.29) is 12.5 Å². The van der Waals surface area contributed by atoms with E-state index in [1.165, 1.54) is 23.9 Å². The highest BCUT2D eigenvalue weighted by Gasteiger charge is 2.08. The molecule has 0 atom stereocenters. The summed E-state index contributed by atoms with van der Waals surface area (Å²) in [6, 6.07) is 3.48. The van der Waals surface area contributed by atoms with Crippen molar-refractivity contribution in [2.45, 2.75) is 6.54 Å². The first-order valence-corrected chi connectivity index (χ1v) is 6.15. The van der Waals surface area contributed by atoms with E-state index < -0.39 is 0 Å². The topological polar surface area (TPSA) is 62.5 Å². The molecule has 2 aromatic heterocycles. The van der Waals surface area contributed by atoms with Crippen LogP contribution in [0.2, 0.25) is 0 Å². The molecule has 92 valence electrons. The molecular weight excluding hydrogens is 250 g/mol. The lowest BCUT2D eigenvalue weighted by Crippen LogP contribution is -2.22. The lowest BCUT2D eigenvalue weighted by atomic mass is 10.2. The van der Waals surface area contributed by atoms with Crippen molar-refractivity contribution in [2.75, 3.05) is 6.61 Å². The van der Waals surface area contributed by atoms with Crippen molar-refractivity contribution in [1.82, 2.24) is 5.32 Å². The highest BCUT2D eigenvalue weighted by atomic mass is 32.1. The standard InChI is InChI=1S/C13H11NO3S/c15-5-1-2-10-4-7-18-12(10)8-14-13(16)11-3-6-17-9-11/h3-4,6-7,9,15H,5,8H2,(H,14,16). The van der Waals surface area contributed by atoms with Gasteiger partial charge in [-0.15, -0.1) is 11.3 Å². The molecule has 0 radical (unpaired) electrons. The van der Waals surface area contributed by atoms with Crippen LogP contribution in [0.4, 0.5) is 0 Å². The molecule has 4 nitrogen and oxygen atoms in total. The summed E-state index contributed by atoms with van der Waals surface area (Å²) in [5.41, 5.74) is 1.33. The Bertz CT molecular complexity index is 575. The van der Waals surface area contributed by atoms with Crippen LogP contribution in [-0.2, 0) is 6.54 Å². The molecule has 0 saturated heterocycles. The molecule has 0 aliphatic carbocycles. The fourth-order valence-electron chi connectivity index (χ4n) is 1.38. The normalized spacial score (nSPS) is 9.61. The number of furan rings is 1. The number of carbonyl (C=O) groups is 1. The summed E-state index contributed by atoms with van der Waals surface area (Å²) in [5.74, 6) is 5.25. The summed E-state index contributed by atoms with van der Waals surface area (Å²) < 4.78 is 4.84. The Hall–Kier alpha value is -2.03. The van der Waals surface area contributed by atoms with Crippen LogP contribution >= 0.6 is 11.3 Å². The molecule has 18 heavy (non-hydrogen) atoms. The van der Waals surface area contributed by atoms with Crippen LogP contribution in [0, 0.1) is 11.8 Å².